The Hall–Kier alpha value is -5.03. The van der Waals surface area contributed by atoms with Gasteiger partial charge in [0.25, 0.3) is 11.4 Å². The van der Waals surface area contributed by atoms with Crippen LogP contribution in [0, 0.1) is 32.1 Å². The molecule has 3 amide bonds. The van der Waals surface area contributed by atoms with E-state index in [0.29, 0.717) is 28.9 Å². The van der Waals surface area contributed by atoms with Gasteiger partial charge in [-0.2, -0.15) is 0 Å². The topological polar surface area (TPSA) is 203 Å². The number of fused-ring (bicyclic) bond motifs is 1. The largest absolute Gasteiger partial charge is 0.456 e. The minimum absolute atomic E-state index is 0.0205. The molecule has 3 aliphatic rings. The van der Waals surface area contributed by atoms with Gasteiger partial charge in [0, 0.05) is 49.2 Å². The van der Waals surface area contributed by atoms with E-state index in [1.807, 2.05) is 6.92 Å². The summed E-state index contributed by atoms with van der Waals surface area (Å²) in [5.41, 5.74) is 0.710. The van der Waals surface area contributed by atoms with Gasteiger partial charge in [-0.3, -0.25) is 34.7 Å². The third-order valence-corrected chi connectivity index (χ3v) is 10.4. The normalized spacial score (nSPS) is 23.4. The lowest BCUT2D eigenvalue weighted by Crippen LogP contribution is -2.63. The summed E-state index contributed by atoms with van der Waals surface area (Å²) in [7, 11) is 3.13. The molecular formula is C32H35N5O11S. The summed E-state index contributed by atoms with van der Waals surface area (Å²) in [6.45, 7) is 2.87. The Kier molecular flexibility index (Phi) is 10.2. The summed E-state index contributed by atoms with van der Waals surface area (Å²) in [4.78, 5) is 79.1. The Morgan fingerprint density at radius 3 is 1.98 bits per heavy atom. The number of hydrogen-bond acceptors (Lipinski definition) is 12. The maximum absolute atomic E-state index is 13.7. The molecule has 3 aliphatic heterocycles. The number of β-lactam (4-membered cyclic amide) rings is 1. The number of esters is 1. The molecule has 6 atom stereocenters. The van der Waals surface area contributed by atoms with Gasteiger partial charge in [0.2, 0.25) is 11.8 Å². The van der Waals surface area contributed by atoms with E-state index in [4.69, 9.17) is 9.47 Å². The van der Waals surface area contributed by atoms with Gasteiger partial charge in [0.1, 0.15) is 25.0 Å². The SMILES string of the molecule is CC1C(SC2CC[C@@H](C(=O)N(C)C)N2C(=O)OCc2ccc([N+](=O)[O-])cc2)=C(C(=O)OCc2ccc([N+](=O)[O-])cc2)N2C(=O)[C@H]([C@@H](C)O)[C@@H]12. The summed E-state index contributed by atoms with van der Waals surface area (Å²) in [6.07, 6.45) is -1.15. The van der Waals surface area contributed by atoms with Gasteiger partial charge < -0.3 is 24.4 Å². The molecule has 0 aromatic heterocycles. The molecule has 2 aromatic rings. The van der Waals surface area contributed by atoms with Crippen molar-refractivity contribution in [1.29, 1.82) is 0 Å². The van der Waals surface area contributed by atoms with Crippen LogP contribution >= 0.6 is 11.8 Å². The summed E-state index contributed by atoms with van der Waals surface area (Å²) in [6, 6.07) is 9.55. The van der Waals surface area contributed by atoms with Crippen molar-refractivity contribution in [2.45, 2.75) is 63.5 Å². The minimum Gasteiger partial charge on any atom is -0.456 e. The molecule has 3 heterocycles. The van der Waals surface area contributed by atoms with Gasteiger partial charge >= 0.3 is 12.1 Å². The third-order valence-electron chi connectivity index (χ3n) is 8.86. The Balaban J connectivity index is 1.41. The van der Waals surface area contributed by atoms with E-state index in [9.17, 15) is 44.5 Å². The highest BCUT2D eigenvalue weighted by Gasteiger charge is 2.61. The van der Waals surface area contributed by atoms with Crippen LogP contribution in [-0.4, -0.2) is 91.2 Å². The molecular weight excluding hydrogens is 662 g/mol. The number of benzene rings is 2. The molecule has 0 spiro atoms. The lowest BCUT2D eigenvalue weighted by atomic mass is 9.79. The van der Waals surface area contributed by atoms with Crippen molar-refractivity contribution in [1.82, 2.24) is 14.7 Å². The molecule has 2 saturated heterocycles. The number of nitrogens with zero attached hydrogens (tertiary/aromatic N) is 5. The van der Waals surface area contributed by atoms with Gasteiger partial charge in [0.05, 0.1) is 33.3 Å². The molecule has 0 bridgehead atoms. The van der Waals surface area contributed by atoms with Crippen LogP contribution in [0.2, 0.25) is 0 Å². The highest BCUT2D eigenvalue weighted by Crippen LogP contribution is 2.53. The van der Waals surface area contributed by atoms with Crippen molar-refractivity contribution in [2.75, 3.05) is 14.1 Å². The number of aliphatic hydroxyl groups excluding tert-OH is 1. The van der Waals surface area contributed by atoms with Gasteiger partial charge in [-0.25, -0.2) is 9.59 Å². The summed E-state index contributed by atoms with van der Waals surface area (Å²) in [5, 5.41) is 31.7. The van der Waals surface area contributed by atoms with Crippen LogP contribution in [0.25, 0.3) is 0 Å². The molecule has 0 aliphatic carbocycles. The molecule has 0 saturated carbocycles. The van der Waals surface area contributed by atoms with Crippen molar-refractivity contribution in [2.24, 2.45) is 11.8 Å². The first-order valence-electron chi connectivity index (χ1n) is 15.4. The van der Waals surface area contributed by atoms with Crippen LogP contribution < -0.4 is 0 Å². The number of carbonyl (C=O) groups is 4. The summed E-state index contributed by atoms with van der Waals surface area (Å²) >= 11 is 1.15. The van der Waals surface area contributed by atoms with E-state index in [1.54, 1.807) is 14.1 Å². The number of ether oxygens (including phenoxy) is 2. The fraction of sp³-hybridized carbons (Fsp3) is 0.438. The molecule has 2 unspecified atom stereocenters. The van der Waals surface area contributed by atoms with Crippen molar-refractivity contribution >= 4 is 47.0 Å². The second-order valence-corrected chi connectivity index (χ2v) is 13.5. The van der Waals surface area contributed by atoms with Crippen molar-refractivity contribution in [3.63, 3.8) is 0 Å². The Morgan fingerprint density at radius 1 is 0.959 bits per heavy atom. The number of likely N-dealkylation sites (N-methyl/N-ethyl adjacent to an activating group) is 1. The van der Waals surface area contributed by atoms with Gasteiger partial charge in [-0.05, 0) is 55.2 Å². The van der Waals surface area contributed by atoms with Crippen molar-refractivity contribution < 1.29 is 43.6 Å². The highest BCUT2D eigenvalue weighted by molar-refractivity contribution is 8.03. The zero-order chi connectivity index (χ0) is 35.7. The minimum atomic E-state index is -0.989. The molecule has 260 valence electrons. The number of amides is 3. The van der Waals surface area contributed by atoms with E-state index in [-0.39, 0.29) is 36.2 Å². The molecule has 49 heavy (non-hydrogen) atoms. The Morgan fingerprint density at radius 2 is 1.49 bits per heavy atom. The first kappa shape index (κ1) is 35.3. The second kappa shape index (κ2) is 14.2. The number of thioether (sulfide) groups is 1. The lowest BCUT2D eigenvalue weighted by molar-refractivity contribution is -0.385. The monoisotopic (exact) mass is 697 g/mol. The fourth-order valence-electron chi connectivity index (χ4n) is 6.36. The number of nitro benzene ring substituents is 2. The van der Waals surface area contributed by atoms with E-state index >= 15 is 0 Å². The first-order valence-corrected chi connectivity index (χ1v) is 16.3. The van der Waals surface area contributed by atoms with Crippen LogP contribution in [0.15, 0.2) is 59.1 Å². The predicted octanol–water partition coefficient (Wildman–Crippen LogP) is 3.56. The van der Waals surface area contributed by atoms with Crippen molar-refractivity contribution in [3.8, 4) is 0 Å². The van der Waals surface area contributed by atoms with E-state index < -0.39 is 63.2 Å². The lowest BCUT2D eigenvalue weighted by Gasteiger charge is -2.46. The Labute approximate surface area is 284 Å². The zero-order valence-corrected chi connectivity index (χ0v) is 27.9. The second-order valence-electron chi connectivity index (χ2n) is 12.3. The van der Waals surface area contributed by atoms with Crippen molar-refractivity contribution in [3.05, 3.63) is 90.5 Å². The maximum Gasteiger partial charge on any atom is 0.411 e. The molecule has 17 heteroatoms. The average molecular weight is 698 g/mol. The quantitative estimate of drug-likeness (QED) is 0.155. The standard InChI is InChI=1S/C32H35N5O11S/c1-17-26-25(18(2)38)30(40)35(26)27(31(41)47-15-19-5-9-21(10-6-19)36(43)44)28(17)49-24-14-13-23(29(39)33(3)4)34(24)32(42)48-16-20-7-11-22(12-8-20)37(45)46/h5-12,17-18,23-26,38H,13-16H2,1-4H3/t17?,18-,23+,24?,25-,26-/m1/s1. The Bertz CT molecular complexity index is 1700. The van der Waals surface area contributed by atoms with Crippen LogP contribution in [0.3, 0.4) is 0 Å². The van der Waals surface area contributed by atoms with Crippen LogP contribution in [0.1, 0.15) is 37.8 Å². The van der Waals surface area contributed by atoms with Gasteiger partial charge in [-0.1, -0.05) is 6.92 Å². The van der Waals surface area contributed by atoms with Gasteiger partial charge in [-0.15, -0.1) is 11.8 Å². The van der Waals surface area contributed by atoms with Gasteiger partial charge in [0.15, 0.2) is 0 Å². The predicted molar refractivity (Wildman–Crippen MR) is 173 cm³/mol. The molecule has 2 fully saturated rings. The number of likely N-dealkylation sites (tertiary alicyclic amines) is 1. The zero-order valence-electron chi connectivity index (χ0n) is 27.1. The smallest absolute Gasteiger partial charge is 0.411 e. The summed E-state index contributed by atoms with van der Waals surface area (Å²) < 4.78 is 11.2. The molecule has 0 radical (unpaired) electrons. The van der Waals surface area contributed by atoms with Crippen LogP contribution in [-0.2, 0) is 37.1 Å². The number of aliphatic hydroxyl groups is 1. The first-order chi connectivity index (χ1) is 23.2. The molecule has 1 N–H and O–H groups in total. The molecule has 2 aromatic carbocycles. The molecule has 5 rings (SSSR count). The average Bonchev–Trinajstić information content (AvgIpc) is 3.59. The third kappa shape index (κ3) is 6.94. The summed E-state index contributed by atoms with van der Waals surface area (Å²) in [5.74, 6) is -2.81. The fourth-order valence-corrected chi connectivity index (χ4v) is 7.90. The van der Waals surface area contributed by atoms with E-state index in [0.717, 1.165) is 11.8 Å². The van der Waals surface area contributed by atoms with Crippen LogP contribution in [0.4, 0.5) is 16.2 Å². The number of carbonyl (C=O) groups excluding carboxylic acids is 4. The number of nitro groups is 2. The maximum atomic E-state index is 13.7. The van der Waals surface area contributed by atoms with E-state index in [2.05, 4.69) is 0 Å². The van der Waals surface area contributed by atoms with Crippen LogP contribution in [0.5, 0.6) is 0 Å². The van der Waals surface area contributed by atoms with E-state index in [1.165, 1.54) is 70.2 Å². The molecule has 16 nitrogen and oxygen atoms in total. The highest BCUT2D eigenvalue weighted by atomic mass is 32.2. The number of non-ortho nitro benzene ring substituents is 2. The number of hydrogen-bond donors (Lipinski definition) is 1. The number of rotatable bonds is 11.